The predicted octanol–water partition coefficient (Wildman–Crippen LogP) is 1.63. The molecule has 0 bridgehead atoms. The van der Waals surface area contributed by atoms with Gasteiger partial charge in [-0.15, -0.1) is 0 Å². The third kappa shape index (κ3) is 7.36. The zero-order chi connectivity index (χ0) is 13.2. The molecule has 0 saturated carbocycles. The molecule has 0 N–H and O–H groups in total. The van der Waals surface area contributed by atoms with Crippen LogP contribution < -0.4 is 4.89 Å². The Morgan fingerprint density at radius 2 is 1.19 bits per heavy atom. The van der Waals surface area contributed by atoms with E-state index in [4.69, 9.17) is 0 Å². The molecule has 0 unspecified atom stereocenters. The molecule has 0 saturated heterocycles. The lowest BCUT2D eigenvalue weighted by Crippen LogP contribution is -2.47. The highest BCUT2D eigenvalue weighted by atomic mass is 31.2. The molecule has 0 atom stereocenters. The van der Waals surface area contributed by atoms with Crippen molar-refractivity contribution in [2.75, 3.05) is 40.4 Å². The van der Waals surface area contributed by atoms with Crippen molar-refractivity contribution in [3.05, 3.63) is 0 Å². The maximum Gasteiger partial charge on any atom is 0.267 e. The fraction of sp³-hybridized carbons (Fsp3) is 1.00. The van der Waals surface area contributed by atoms with E-state index in [1.54, 1.807) is 0 Å². The molecule has 0 spiro atoms. The number of quaternary nitrogens is 1. The molecule has 0 aromatic rings. The Morgan fingerprint density at radius 3 is 1.19 bits per heavy atom. The van der Waals surface area contributed by atoms with Gasteiger partial charge < -0.3 is 18.4 Å². The highest BCUT2D eigenvalue weighted by Gasteiger charge is 2.16. The normalized spacial score (nSPS) is 11.9. The molecule has 5 nitrogen and oxygen atoms in total. The average molecular weight is 255 g/mol. The van der Waals surface area contributed by atoms with Crippen molar-refractivity contribution < 1.29 is 23.0 Å². The first-order valence-electron chi connectivity index (χ1n) is 5.64. The summed E-state index contributed by atoms with van der Waals surface area (Å²) in [7, 11) is -1.83. The number of phosphoric acid groups is 1. The second-order valence-corrected chi connectivity index (χ2v) is 5.04. The first kappa shape index (κ1) is 18.4. The van der Waals surface area contributed by atoms with E-state index in [0.29, 0.717) is 0 Å². The van der Waals surface area contributed by atoms with E-state index in [1.807, 2.05) is 0 Å². The molecular formula is C10H26NO4P. The van der Waals surface area contributed by atoms with Crippen LogP contribution in [-0.2, 0) is 13.6 Å². The summed E-state index contributed by atoms with van der Waals surface area (Å²) in [6, 6.07) is 0. The minimum Gasteiger partial charge on any atom is -0.756 e. The van der Waals surface area contributed by atoms with Gasteiger partial charge in [-0.25, -0.2) is 0 Å². The van der Waals surface area contributed by atoms with Crippen LogP contribution in [0.1, 0.15) is 27.7 Å². The summed E-state index contributed by atoms with van der Waals surface area (Å²) in [5.41, 5.74) is 0. The molecule has 6 heteroatoms. The fourth-order valence-electron chi connectivity index (χ4n) is 1.42. The molecule has 0 rings (SSSR count). The van der Waals surface area contributed by atoms with Crippen molar-refractivity contribution in [2.24, 2.45) is 0 Å². The number of rotatable bonds is 6. The Balaban J connectivity index is 0. The van der Waals surface area contributed by atoms with Crippen LogP contribution in [0.4, 0.5) is 0 Å². The van der Waals surface area contributed by atoms with Crippen LogP contribution >= 0.6 is 7.82 Å². The number of hydrogen-bond donors (Lipinski definition) is 0. The van der Waals surface area contributed by atoms with Crippen molar-refractivity contribution in [2.45, 2.75) is 27.7 Å². The van der Waals surface area contributed by atoms with Gasteiger partial charge >= 0.3 is 0 Å². The minimum absolute atomic E-state index is 1.04. The Bertz CT molecular complexity index is 181. The van der Waals surface area contributed by atoms with Gasteiger partial charge in [-0.1, -0.05) is 0 Å². The Kier molecular flexibility index (Phi) is 10.5. The lowest BCUT2D eigenvalue weighted by Gasteiger charge is -2.34. The number of phosphoric ester groups is 1. The lowest BCUT2D eigenvalue weighted by atomic mass is 10.3. The quantitative estimate of drug-likeness (QED) is 0.534. The van der Waals surface area contributed by atoms with Gasteiger partial charge in [0.2, 0.25) is 0 Å². The summed E-state index contributed by atoms with van der Waals surface area (Å²) in [4.78, 5) is 9.95. The van der Waals surface area contributed by atoms with Gasteiger partial charge in [-0.2, -0.15) is 0 Å². The van der Waals surface area contributed by atoms with Gasteiger partial charge in [-0.3, -0.25) is 4.57 Å². The smallest absolute Gasteiger partial charge is 0.267 e. The number of hydrogen-bond acceptors (Lipinski definition) is 4. The maximum absolute atomic E-state index is 9.95. The van der Waals surface area contributed by atoms with Gasteiger partial charge in [0.1, 0.15) is 0 Å². The van der Waals surface area contributed by atoms with E-state index in [-0.39, 0.29) is 0 Å². The van der Waals surface area contributed by atoms with Crippen LogP contribution in [0.3, 0.4) is 0 Å². The van der Waals surface area contributed by atoms with E-state index in [0.717, 1.165) is 14.2 Å². The summed E-state index contributed by atoms with van der Waals surface area (Å²) in [6.45, 7) is 14.2. The topological polar surface area (TPSA) is 58.6 Å². The van der Waals surface area contributed by atoms with Crippen LogP contribution in [0.25, 0.3) is 0 Å². The summed E-state index contributed by atoms with van der Waals surface area (Å²) >= 11 is 0. The third-order valence-electron chi connectivity index (χ3n) is 3.13. The Labute approximate surface area is 99.6 Å². The van der Waals surface area contributed by atoms with Crippen LogP contribution in [-0.4, -0.2) is 44.9 Å². The van der Waals surface area contributed by atoms with Crippen LogP contribution in [0, 0.1) is 0 Å². The van der Waals surface area contributed by atoms with Gasteiger partial charge in [0.25, 0.3) is 7.82 Å². The Hall–Kier alpha value is 0.0700. The first-order valence-corrected chi connectivity index (χ1v) is 7.10. The molecular weight excluding hydrogens is 229 g/mol. The molecule has 0 aliphatic carbocycles. The van der Waals surface area contributed by atoms with E-state index in [9.17, 15) is 9.46 Å². The second kappa shape index (κ2) is 9.14. The molecule has 0 amide bonds. The Morgan fingerprint density at radius 1 is 0.938 bits per heavy atom. The molecule has 0 aliphatic heterocycles. The summed E-state index contributed by atoms with van der Waals surface area (Å²) in [5.74, 6) is 0. The largest absolute Gasteiger partial charge is 0.756 e. The standard InChI is InChI=1S/C8H20N.C2H7O4P/c1-5-9(6-2,7-3)8-4;1-5-7(3,4)6-2/h5-8H2,1-4H3;1-2H3,(H,3,4)/q+1;/p-1. The van der Waals surface area contributed by atoms with Crippen LogP contribution in [0.15, 0.2) is 0 Å². The highest BCUT2D eigenvalue weighted by molar-refractivity contribution is 7.45. The molecule has 0 radical (unpaired) electrons. The molecule has 0 heterocycles. The van der Waals surface area contributed by atoms with Crippen molar-refractivity contribution in [1.29, 1.82) is 0 Å². The molecule has 16 heavy (non-hydrogen) atoms. The molecule has 0 aliphatic rings. The van der Waals surface area contributed by atoms with Gasteiger partial charge in [0.05, 0.1) is 26.2 Å². The zero-order valence-electron chi connectivity index (χ0n) is 11.4. The monoisotopic (exact) mass is 255 g/mol. The predicted molar refractivity (Wildman–Crippen MR) is 64.0 cm³/mol. The minimum atomic E-state index is -3.90. The van der Waals surface area contributed by atoms with Crippen LogP contribution in [0.5, 0.6) is 0 Å². The van der Waals surface area contributed by atoms with Crippen LogP contribution in [0.2, 0.25) is 0 Å². The average Bonchev–Trinajstić information content (AvgIpc) is 2.34. The maximum atomic E-state index is 9.95. The summed E-state index contributed by atoms with van der Waals surface area (Å²) in [5, 5.41) is 0. The molecule has 0 aromatic heterocycles. The molecule has 0 fully saturated rings. The van der Waals surface area contributed by atoms with E-state index < -0.39 is 7.82 Å². The van der Waals surface area contributed by atoms with E-state index in [1.165, 1.54) is 30.7 Å². The van der Waals surface area contributed by atoms with Gasteiger partial charge in [0.15, 0.2) is 0 Å². The zero-order valence-corrected chi connectivity index (χ0v) is 12.3. The van der Waals surface area contributed by atoms with Crippen molar-refractivity contribution >= 4 is 7.82 Å². The molecule has 0 aromatic carbocycles. The third-order valence-corrected chi connectivity index (χ3v) is 4.02. The highest BCUT2D eigenvalue weighted by Crippen LogP contribution is 2.34. The van der Waals surface area contributed by atoms with Gasteiger partial charge in [0, 0.05) is 14.2 Å². The SMILES string of the molecule is CC[N+](CC)(CC)CC.COP(=O)([O-])OC. The fourth-order valence-corrected chi connectivity index (χ4v) is 1.57. The second-order valence-electron chi connectivity index (χ2n) is 3.42. The summed E-state index contributed by atoms with van der Waals surface area (Å²) in [6.07, 6.45) is 0. The van der Waals surface area contributed by atoms with Crippen molar-refractivity contribution in [3.8, 4) is 0 Å². The van der Waals surface area contributed by atoms with E-state index >= 15 is 0 Å². The van der Waals surface area contributed by atoms with Gasteiger partial charge in [-0.05, 0) is 27.7 Å². The summed E-state index contributed by atoms with van der Waals surface area (Å²) < 4.78 is 19.0. The van der Waals surface area contributed by atoms with Crippen molar-refractivity contribution in [3.63, 3.8) is 0 Å². The van der Waals surface area contributed by atoms with E-state index in [2.05, 4.69) is 36.7 Å². The molecule has 100 valence electrons. The lowest BCUT2D eigenvalue weighted by molar-refractivity contribution is -0.921. The number of nitrogens with zero attached hydrogens (tertiary/aromatic N) is 1. The first-order chi connectivity index (χ1) is 7.36. The van der Waals surface area contributed by atoms with Crippen molar-refractivity contribution in [1.82, 2.24) is 0 Å².